The first-order chi connectivity index (χ1) is 9.15. The number of rotatable bonds is 5. The van der Waals surface area contributed by atoms with Gasteiger partial charge in [-0.3, -0.25) is 0 Å². The predicted molar refractivity (Wildman–Crippen MR) is 77.9 cm³/mol. The molecule has 0 unspecified atom stereocenters. The molecule has 6 heteroatoms. The SMILES string of the molecule is CC(C)CNc1cnnc(Nc2ccccc2Cl)n1. The molecule has 2 rings (SSSR count). The number of hydrogen-bond donors (Lipinski definition) is 2. The molecule has 0 aliphatic heterocycles. The van der Waals surface area contributed by atoms with Crippen molar-refractivity contribution in [3.8, 4) is 0 Å². The zero-order valence-electron chi connectivity index (χ0n) is 10.9. The first kappa shape index (κ1) is 13.5. The van der Waals surface area contributed by atoms with Gasteiger partial charge in [0.25, 0.3) is 0 Å². The Morgan fingerprint density at radius 1 is 1.26 bits per heavy atom. The number of benzene rings is 1. The molecule has 1 heterocycles. The lowest BCUT2D eigenvalue weighted by Gasteiger charge is -2.09. The molecule has 5 nitrogen and oxygen atoms in total. The fourth-order valence-electron chi connectivity index (χ4n) is 1.43. The smallest absolute Gasteiger partial charge is 0.249 e. The van der Waals surface area contributed by atoms with E-state index in [2.05, 4.69) is 39.7 Å². The van der Waals surface area contributed by atoms with E-state index in [-0.39, 0.29) is 0 Å². The van der Waals surface area contributed by atoms with Crippen molar-refractivity contribution in [3.05, 3.63) is 35.5 Å². The van der Waals surface area contributed by atoms with Crippen LogP contribution in [0.2, 0.25) is 5.02 Å². The number of halogens is 1. The molecule has 1 aromatic carbocycles. The minimum absolute atomic E-state index is 0.418. The van der Waals surface area contributed by atoms with E-state index in [9.17, 15) is 0 Å². The van der Waals surface area contributed by atoms with Crippen molar-refractivity contribution in [1.29, 1.82) is 0 Å². The lowest BCUT2D eigenvalue weighted by molar-refractivity contribution is 0.686. The third kappa shape index (κ3) is 4.06. The second-order valence-electron chi connectivity index (χ2n) is 4.54. The Morgan fingerprint density at radius 2 is 2.05 bits per heavy atom. The maximum atomic E-state index is 6.06. The highest BCUT2D eigenvalue weighted by atomic mass is 35.5. The van der Waals surface area contributed by atoms with Crippen LogP contribution in [-0.4, -0.2) is 21.7 Å². The van der Waals surface area contributed by atoms with Crippen LogP contribution in [0.5, 0.6) is 0 Å². The molecule has 0 saturated heterocycles. The van der Waals surface area contributed by atoms with Crippen LogP contribution in [0.4, 0.5) is 17.5 Å². The van der Waals surface area contributed by atoms with Gasteiger partial charge < -0.3 is 10.6 Å². The summed E-state index contributed by atoms with van der Waals surface area (Å²) in [7, 11) is 0. The molecular formula is C13H16ClN5. The molecule has 2 N–H and O–H groups in total. The van der Waals surface area contributed by atoms with Gasteiger partial charge in [0.2, 0.25) is 5.95 Å². The molecule has 0 spiro atoms. The summed E-state index contributed by atoms with van der Waals surface area (Å²) < 4.78 is 0. The monoisotopic (exact) mass is 277 g/mol. The summed E-state index contributed by atoms with van der Waals surface area (Å²) in [5, 5.41) is 14.7. The molecule has 0 saturated carbocycles. The zero-order valence-corrected chi connectivity index (χ0v) is 11.6. The second-order valence-corrected chi connectivity index (χ2v) is 4.95. The van der Waals surface area contributed by atoms with Gasteiger partial charge in [-0.2, -0.15) is 10.1 Å². The van der Waals surface area contributed by atoms with Gasteiger partial charge in [0, 0.05) is 6.54 Å². The van der Waals surface area contributed by atoms with E-state index in [4.69, 9.17) is 11.6 Å². The van der Waals surface area contributed by atoms with Crippen molar-refractivity contribution in [3.63, 3.8) is 0 Å². The van der Waals surface area contributed by atoms with Crippen LogP contribution in [0.25, 0.3) is 0 Å². The van der Waals surface area contributed by atoms with Crippen LogP contribution in [-0.2, 0) is 0 Å². The Kier molecular flexibility index (Phi) is 4.52. The minimum Gasteiger partial charge on any atom is -0.368 e. The fourth-order valence-corrected chi connectivity index (χ4v) is 1.62. The average molecular weight is 278 g/mol. The maximum Gasteiger partial charge on any atom is 0.249 e. The topological polar surface area (TPSA) is 62.7 Å². The average Bonchev–Trinajstić information content (AvgIpc) is 2.40. The van der Waals surface area contributed by atoms with Crippen molar-refractivity contribution in [2.24, 2.45) is 5.92 Å². The molecule has 0 aliphatic carbocycles. The van der Waals surface area contributed by atoms with Gasteiger partial charge >= 0.3 is 0 Å². The van der Waals surface area contributed by atoms with E-state index in [1.807, 2.05) is 18.2 Å². The predicted octanol–water partition coefficient (Wildman–Crippen LogP) is 3.34. The normalized spacial score (nSPS) is 10.5. The van der Waals surface area contributed by atoms with Gasteiger partial charge in [-0.15, -0.1) is 5.10 Å². The molecule has 0 aliphatic rings. The number of para-hydroxylation sites is 1. The minimum atomic E-state index is 0.418. The Bertz CT molecular complexity index is 544. The van der Waals surface area contributed by atoms with Crippen LogP contribution in [0.3, 0.4) is 0 Å². The van der Waals surface area contributed by atoms with Crippen molar-refractivity contribution in [1.82, 2.24) is 15.2 Å². The van der Waals surface area contributed by atoms with E-state index in [1.165, 1.54) is 0 Å². The maximum absolute atomic E-state index is 6.06. The van der Waals surface area contributed by atoms with E-state index in [1.54, 1.807) is 12.3 Å². The third-order valence-electron chi connectivity index (χ3n) is 2.37. The van der Waals surface area contributed by atoms with Crippen molar-refractivity contribution in [2.45, 2.75) is 13.8 Å². The number of aromatic nitrogens is 3. The summed E-state index contributed by atoms with van der Waals surface area (Å²) in [4.78, 5) is 4.33. The molecule has 0 atom stereocenters. The molecule has 100 valence electrons. The molecular weight excluding hydrogens is 262 g/mol. The van der Waals surface area contributed by atoms with Crippen LogP contribution in [0.15, 0.2) is 30.5 Å². The second kappa shape index (κ2) is 6.33. The summed E-state index contributed by atoms with van der Waals surface area (Å²) in [6, 6.07) is 7.42. The van der Waals surface area contributed by atoms with E-state index < -0.39 is 0 Å². The summed E-state index contributed by atoms with van der Waals surface area (Å²) in [6.45, 7) is 5.10. The molecule has 0 amide bonds. The van der Waals surface area contributed by atoms with Gasteiger partial charge in [-0.1, -0.05) is 37.6 Å². The highest BCUT2D eigenvalue weighted by Gasteiger charge is 2.04. The van der Waals surface area contributed by atoms with Gasteiger partial charge in [0.15, 0.2) is 5.82 Å². The Labute approximate surface area is 117 Å². The standard InChI is InChI=1S/C13H16ClN5/c1-9(2)7-15-12-8-16-19-13(18-12)17-11-6-4-3-5-10(11)14/h3-6,8-9H,7H2,1-2H3,(H2,15,17,18,19). The largest absolute Gasteiger partial charge is 0.368 e. The van der Waals surface area contributed by atoms with Gasteiger partial charge in [-0.25, -0.2) is 0 Å². The lowest BCUT2D eigenvalue weighted by Crippen LogP contribution is -2.10. The molecule has 0 radical (unpaired) electrons. The number of nitrogens with zero attached hydrogens (tertiary/aromatic N) is 3. The molecule has 0 bridgehead atoms. The zero-order chi connectivity index (χ0) is 13.7. The highest BCUT2D eigenvalue weighted by molar-refractivity contribution is 6.33. The molecule has 2 aromatic rings. The molecule has 19 heavy (non-hydrogen) atoms. The van der Waals surface area contributed by atoms with Gasteiger partial charge in [0.1, 0.15) is 0 Å². The van der Waals surface area contributed by atoms with E-state index >= 15 is 0 Å². The van der Waals surface area contributed by atoms with Crippen molar-refractivity contribution >= 4 is 29.1 Å². The van der Waals surface area contributed by atoms with Crippen molar-refractivity contribution in [2.75, 3.05) is 17.2 Å². The Morgan fingerprint density at radius 3 is 2.79 bits per heavy atom. The first-order valence-corrected chi connectivity index (χ1v) is 6.48. The van der Waals surface area contributed by atoms with Crippen LogP contribution < -0.4 is 10.6 Å². The van der Waals surface area contributed by atoms with E-state index in [0.717, 1.165) is 12.2 Å². The number of hydrogen-bond acceptors (Lipinski definition) is 5. The fraction of sp³-hybridized carbons (Fsp3) is 0.308. The summed E-state index contributed by atoms with van der Waals surface area (Å²) in [5.74, 6) is 1.65. The Balaban J connectivity index is 2.09. The number of nitrogens with one attached hydrogen (secondary N) is 2. The summed E-state index contributed by atoms with van der Waals surface area (Å²) in [5.41, 5.74) is 0.756. The Hall–Kier alpha value is -1.88. The van der Waals surface area contributed by atoms with Crippen LogP contribution >= 0.6 is 11.6 Å². The van der Waals surface area contributed by atoms with Crippen molar-refractivity contribution < 1.29 is 0 Å². The first-order valence-electron chi connectivity index (χ1n) is 6.10. The highest BCUT2D eigenvalue weighted by Crippen LogP contribution is 2.23. The third-order valence-corrected chi connectivity index (χ3v) is 2.70. The number of anilines is 3. The summed E-state index contributed by atoms with van der Waals surface area (Å²) in [6.07, 6.45) is 1.60. The lowest BCUT2D eigenvalue weighted by atomic mass is 10.2. The van der Waals surface area contributed by atoms with Crippen LogP contribution in [0, 0.1) is 5.92 Å². The quantitative estimate of drug-likeness (QED) is 0.878. The molecule has 1 aromatic heterocycles. The van der Waals surface area contributed by atoms with E-state index in [0.29, 0.717) is 22.7 Å². The van der Waals surface area contributed by atoms with Crippen LogP contribution in [0.1, 0.15) is 13.8 Å². The summed E-state index contributed by atoms with van der Waals surface area (Å²) >= 11 is 6.06. The van der Waals surface area contributed by atoms with Gasteiger partial charge in [0.05, 0.1) is 16.9 Å². The van der Waals surface area contributed by atoms with Gasteiger partial charge in [-0.05, 0) is 18.1 Å². The molecule has 0 fully saturated rings.